The summed E-state index contributed by atoms with van der Waals surface area (Å²) in [5, 5.41) is 8.59. The van der Waals surface area contributed by atoms with Gasteiger partial charge < -0.3 is 9.84 Å². The maximum Gasteiger partial charge on any atom is 0.377 e. The predicted octanol–water partition coefficient (Wildman–Crippen LogP) is 2.17. The number of fused-ring (bicyclic) bond motifs is 1. The zero-order valence-corrected chi connectivity index (χ0v) is 9.63. The van der Waals surface area contributed by atoms with Gasteiger partial charge in [-0.05, 0) is 32.0 Å². The van der Waals surface area contributed by atoms with Gasteiger partial charge in [-0.1, -0.05) is 11.8 Å². The molecule has 1 aromatic carbocycles. The van der Waals surface area contributed by atoms with Crippen LogP contribution >= 0.6 is 11.8 Å². The van der Waals surface area contributed by atoms with E-state index >= 15 is 0 Å². The van der Waals surface area contributed by atoms with Crippen LogP contribution in [0.5, 0.6) is 5.75 Å². The van der Waals surface area contributed by atoms with Crippen LogP contribution in [0.15, 0.2) is 23.1 Å². The van der Waals surface area contributed by atoms with Crippen molar-refractivity contribution in [2.24, 2.45) is 0 Å². The molecule has 16 heavy (non-hydrogen) atoms. The van der Waals surface area contributed by atoms with Crippen molar-refractivity contribution < 1.29 is 19.4 Å². The molecule has 0 saturated carbocycles. The van der Waals surface area contributed by atoms with Gasteiger partial charge in [-0.25, -0.2) is 4.79 Å². The molecular weight excluding hydrogens is 228 g/mol. The van der Waals surface area contributed by atoms with Crippen LogP contribution in [0.2, 0.25) is 0 Å². The lowest BCUT2D eigenvalue weighted by Crippen LogP contribution is -2.18. The monoisotopic (exact) mass is 238 g/mol. The number of thioether (sulfide) groups is 1. The lowest BCUT2D eigenvalue weighted by molar-refractivity contribution is -0.131. The predicted molar refractivity (Wildman–Crippen MR) is 59.0 cm³/mol. The van der Waals surface area contributed by atoms with Crippen molar-refractivity contribution in [2.45, 2.75) is 23.7 Å². The van der Waals surface area contributed by atoms with Crippen LogP contribution in [0.4, 0.5) is 0 Å². The van der Waals surface area contributed by atoms with Gasteiger partial charge in [0.05, 0.1) is 4.90 Å². The Balaban J connectivity index is 2.36. The van der Waals surface area contributed by atoms with E-state index in [1.807, 2.05) is 13.8 Å². The summed E-state index contributed by atoms with van der Waals surface area (Å²) in [6.07, 6.45) is 0. The van der Waals surface area contributed by atoms with Crippen molar-refractivity contribution >= 4 is 23.5 Å². The summed E-state index contributed by atoms with van der Waals surface area (Å²) in [7, 11) is 0. The van der Waals surface area contributed by atoms with Gasteiger partial charge in [-0.3, -0.25) is 4.79 Å². The standard InChI is InChI=1S/C11H10O4S/c1-11(2)15-7-5-6(9(12)10(13)14)3-4-8(7)16-11/h3-5H,1-2H3,(H,13,14). The van der Waals surface area contributed by atoms with E-state index in [0.29, 0.717) is 5.75 Å². The maximum absolute atomic E-state index is 11.2. The van der Waals surface area contributed by atoms with Crippen LogP contribution < -0.4 is 4.74 Å². The normalized spacial score (nSPS) is 16.4. The molecule has 4 nitrogen and oxygen atoms in total. The number of ketones is 1. The van der Waals surface area contributed by atoms with E-state index in [0.717, 1.165) is 4.90 Å². The van der Waals surface area contributed by atoms with Gasteiger partial charge in [0, 0.05) is 5.56 Å². The summed E-state index contributed by atoms with van der Waals surface area (Å²) in [6.45, 7) is 3.83. The van der Waals surface area contributed by atoms with Crippen molar-refractivity contribution in [3.63, 3.8) is 0 Å². The third-order valence-corrected chi connectivity index (χ3v) is 3.24. The lowest BCUT2D eigenvalue weighted by Gasteiger charge is -2.15. The van der Waals surface area contributed by atoms with Gasteiger partial charge in [0.2, 0.25) is 0 Å². The Morgan fingerprint density at radius 2 is 2.06 bits per heavy atom. The molecule has 1 aromatic rings. The molecule has 84 valence electrons. The van der Waals surface area contributed by atoms with Gasteiger partial charge in [-0.15, -0.1) is 0 Å². The molecule has 2 rings (SSSR count). The fourth-order valence-electron chi connectivity index (χ4n) is 1.49. The zero-order chi connectivity index (χ0) is 11.9. The number of hydrogen-bond donors (Lipinski definition) is 1. The number of carboxylic acids is 1. The van der Waals surface area contributed by atoms with Gasteiger partial charge in [0.1, 0.15) is 5.75 Å². The van der Waals surface area contributed by atoms with Crippen molar-refractivity contribution in [3.05, 3.63) is 23.8 Å². The molecule has 0 aromatic heterocycles. The smallest absolute Gasteiger partial charge is 0.377 e. The highest BCUT2D eigenvalue weighted by molar-refractivity contribution is 8.00. The highest BCUT2D eigenvalue weighted by Crippen LogP contribution is 2.47. The van der Waals surface area contributed by atoms with E-state index in [2.05, 4.69) is 0 Å². The Hall–Kier alpha value is -1.49. The van der Waals surface area contributed by atoms with Gasteiger partial charge in [0.15, 0.2) is 4.93 Å². The molecule has 0 atom stereocenters. The summed E-state index contributed by atoms with van der Waals surface area (Å²) >= 11 is 1.54. The zero-order valence-electron chi connectivity index (χ0n) is 8.81. The van der Waals surface area contributed by atoms with Gasteiger partial charge >= 0.3 is 5.97 Å². The van der Waals surface area contributed by atoms with Crippen molar-refractivity contribution in [1.29, 1.82) is 0 Å². The van der Waals surface area contributed by atoms with Crippen LogP contribution in [0, 0.1) is 0 Å². The largest absolute Gasteiger partial charge is 0.476 e. The summed E-state index contributed by atoms with van der Waals surface area (Å²) in [6, 6.07) is 4.70. The number of carbonyl (C=O) groups excluding carboxylic acids is 1. The van der Waals surface area contributed by atoms with Crippen LogP contribution in [-0.2, 0) is 4.79 Å². The molecule has 0 unspecified atom stereocenters. The van der Waals surface area contributed by atoms with E-state index in [1.165, 1.54) is 12.1 Å². The molecular formula is C11H10O4S. The molecule has 1 aliphatic rings. The first-order valence-corrected chi connectivity index (χ1v) is 5.50. The summed E-state index contributed by atoms with van der Waals surface area (Å²) < 4.78 is 5.58. The number of aliphatic carboxylic acids is 1. The molecule has 0 bridgehead atoms. The first kappa shape index (κ1) is 11.0. The maximum atomic E-state index is 11.2. The first-order chi connectivity index (χ1) is 7.39. The number of benzene rings is 1. The van der Waals surface area contributed by atoms with Crippen molar-refractivity contribution in [1.82, 2.24) is 0 Å². The highest BCUT2D eigenvalue weighted by atomic mass is 32.2. The van der Waals surface area contributed by atoms with Crippen molar-refractivity contribution in [2.75, 3.05) is 0 Å². The second-order valence-electron chi connectivity index (χ2n) is 3.90. The number of carbonyl (C=O) groups is 2. The number of rotatable bonds is 2. The summed E-state index contributed by atoms with van der Waals surface area (Å²) in [5.41, 5.74) is 0.143. The Kier molecular flexibility index (Phi) is 2.42. The summed E-state index contributed by atoms with van der Waals surface area (Å²) in [4.78, 5) is 22.3. The Morgan fingerprint density at radius 1 is 1.38 bits per heavy atom. The Morgan fingerprint density at radius 3 is 2.69 bits per heavy atom. The third-order valence-electron chi connectivity index (χ3n) is 2.11. The quantitative estimate of drug-likeness (QED) is 0.632. The Labute approximate surface area is 96.6 Å². The lowest BCUT2D eigenvalue weighted by atomic mass is 10.1. The highest BCUT2D eigenvalue weighted by Gasteiger charge is 2.31. The van der Waals surface area contributed by atoms with Crippen LogP contribution in [0.3, 0.4) is 0 Å². The van der Waals surface area contributed by atoms with E-state index < -0.39 is 11.8 Å². The summed E-state index contributed by atoms with van der Waals surface area (Å²) in [5.74, 6) is -1.80. The van der Waals surface area contributed by atoms with Gasteiger partial charge in [0.25, 0.3) is 5.78 Å². The average molecular weight is 238 g/mol. The number of hydrogen-bond acceptors (Lipinski definition) is 4. The topological polar surface area (TPSA) is 63.6 Å². The van der Waals surface area contributed by atoms with Crippen molar-refractivity contribution in [3.8, 4) is 5.75 Å². The molecule has 5 heteroatoms. The number of ether oxygens (including phenoxy) is 1. The molecule has 0 aliphatic carbocycles. The Bertz CT molecular complexity index is 479. The van der Waals surface area contributed by atoms with Crippen LogP contribution in [0.25, 0.3) is 0 Å². The van der Waals surface area contributed by atoms with Gasteiger partial charge in [-0.2, -0.15) is 0 Å². The molecule has 0 saturated heterocycles. The van der Waals surface area contributed by atoms with E-state index in [4.69, 9.17) is 9.84 Å². The minimum absolute atomic E-state index is 0.143. The fraction of sp³-hybridized carbons (Fsp3) is 0.273. The number of Topliss-reactive ketones (excluding diaryl/α,β-unsaturated/α-hetero) is 1. The molecule has 0 fully saturated rings. The number of carboxylic acid groups (broad SMARTS) is 1. The molecule has 1 N–H and O–H groups in total. The van der Waals surface area contributed by atoms with E-state index in [-0.39, 0.29) is 10.5 Å². The van der Waals surface area contributed by atoms with E-state index in [1.54, 1.807) is 17.8 Å². The van der Waals surface area contributed by atoms with Crippen LogP contribution in [0.1, 0.15) is 24.2 Å². The molecule has 1 aliphatic heterocycles. The third kappa shape index (κ3) is 1.90. The molecule has 0 spiro atoms. The fourth-order valence-corrected chi connectivity index (χ4v) is 2.49. The SMILES string of the molecule is CC1(C)Oc2cc(C(=O)C(=O)O)ccc2S1. The van der Waals surface area contributed by atoms with E-state index in [9.17, 15) is 9.59 Å². The molecule has 1 heterocycles. The van der Waals surface area contributed by atoms with Crippen LogP contribution in [-0.4, -0.2) is 21.8 Å². The minimum Gasteiger partial charge on any atom is -0.476 e. The minimum atomic E-state index is -1.45. The average Bonchev–Trinajstić information content (AvgIpc) is 2.48. The second kappa shape index (κ2) is 3.52. The second-order valence-corrected chi connectivity index (χ2v) is 5.53. The first-order valence-electron chi connectivity index (χ1n) is 4.69. The molecule has 0 amide bonds. The molecule has 0 radical (unpaired) electrons.